The summed E-state index contributed by atoms with van der Waals surface area (Å²) in [5.74, 6) is -0.544. The van der Waals surface area contributed by atoms with E-state index in [1.165, 1.54) is 83.5 Å². The Morgan fingerprint density at radius 3 is 0.857 bits per heavy atom. The molecule has 0 aromatic carbocycles. The van der Waals surface area contributed by atoms with Crippen LogP contribution < -0.4 is 0 Å². The van der Waals surface area contributed by atoms with E-state index in [1.807, 2.05) is 0 Å². The first-order valence-corrected chi connectivity index (χ1v) is 14.3. The fraction of sp³-hybridized carbons (Fsp3) is 0.862. The first-order valence-electron chi connectivity index (χ1n) is 14.3. The van der Waals surface area contributed by atoms with E-state index in [4.69, 9.17) is 9.47 Å². The number of ketones is 2. The average Bonchev–Trinajstić information content (AvgIpc) is 2.86. The van der Waals surface area contributed by atoms with Crippen molar-refractivity contribution in [1.29, 1.82) is 0 Å². The van der Waals surface area contributed by atoms with Crippen LogP contribution in [-0.2, 0) is 28.7 Å². The van der Waals surface area contributed by atoms with Gasteiger partial charge in [-0.05, 0) is 12.8 Å². The zero-order chi connectivity index (χ0) is 26.0. The first kappa shape index (κ1) is 33.3. The minimum Gasteiger partial charge on any atom is -0.458 e. The zero-order valence-electron chi connectivity index (χ0n) is 22.7. The van der Waals surface area contributed by atoms with E-state index in [-0.39, 0.29) is 36.7 Å². The number of rotatable bonds is 26. The van der Waals surface area contributed by atoms with Crippen molar-refractivity contribution >= 4 is 23.5 Å². The molecule has 0 aromatic rings. The summed E-state index contributed by atoms with van der Waals surface area (Å²) in [7, 11) is 0. The van der Waals surface area contributed by atoms with Crippen molar-refractivity contribution in [3.05, 3.63) is 0 Å². The number of carbonyl (C=O) groups is 4. The quantitative estimate of drug-likeness (QED) is 0.0913. The van der Waals surface area contributed by atoms with Crippen molar-refractivity contribution in [2.45, 2.75) is 149 Å². The maximum absolute atomic E-state index is 11.5. The lowest BCUT2D eigenvalue weighted by Gasteiger charge is -2.05. The minimum absolute atomic E-state index is 0.0258. The van der Waals surface area contributed by atoms with Gasteiger partial charge in [-0.2, -0.15) is 0 Å². The smallest absolute Gasteiger partial charge is 0.306 e. The van der Waals surface area contributed by atoms with Gasteiger partial charge in [-0.3, -0.25) is 19.2 Å². The third-order valence-electron chi connectivity index (χ3n) is 6.34. The highest BCUT2D eigenvalue weighted by Gasteiger charge is 2.06. The molecular formula is C29H52O6. The van der Waals surface area contributed by atoms with Crippen molar-refractivity contribution < 1.29 is 28.7 Å². The Morgan fingerprint density at radius 2 is 0.629 bits per heavy atom. The molecule has 0 atom stereocenters. The van der Waals surface area contributed by atoms with Crippen LogP contribution in [0.4, 0.5) is 0 Å². The standard InChI is InChI=1S/C29H52O6/c1-3-26(30)24-34-28(32)22-20-18-16-14-12-10-8-6-5-7-9-11-13-15-17-19-21-23-29(33)35-25-27(31)4-2/h3-25H2,1-2H3. The monoisotopic (exact) mass is 496 g/mol. The summed E-state index contributed by atoms with van der Waals surface area (Å²) in [6.45, 7) is 3.41. The highest BCUT2D eigenvalue weighted by molar-refractivity contribution is 5.82. The van der Waals surface area contributed by atoms with Gasteiger partial charge in [-0.25, -0.2) is 0 Å². The van der Waals surface area contributed by atoms with Gasteiger partial charge in [0.05, 0.1) is 0 Å². The average molecular weight is 497 g/mol. The predicted molar refractivity (Wildman–Crippen MR) is 140 cm³/mol. The van der Waals surface area contributed by atoms with Gasteiger partial charge in [-0.15, -0.1) is 0 Å². The van der Waals surface area contributed by atoms with Crippen LogP contribution in [0.1, 0.15) is 149 Å². The highest BCUT2D eigenvalue weighted by Crippen LogP contribution is 2.15. The lowest BCUT2D eigenvalue weighted by Crippen LogP contribution is -2.12. The second-order valence-electron chi connectivity index (χ2n) is 9.62. The molecule has 0 fully saturated rings. The van der Waals surface area contributed by atoms with Crippen molar-refractivity contribution in [2.24, 2.45) is 0 Å². The Labute approximate surface area is 214 Å². The number of hydrogen-bond acceptors (Lipinski definition) is 6. The SMILES string of the molecule is CCC(=O)COC(=O)CCCCCCCCCCCCCCCCCCCC(=O)OCC(=O)CC. The van der Waals surface area contributed by atoms with Gasteiger partial charge in [-0.1, -0.05) is 110 Å². The maximum atomic E-state index is 11.5. The van der Waals surface area contributed by atoms with E-state index in [9.17, 15) is 19.2 Å². The van der Waals surface area contributed by atoms with E-state index in [1.54, 1.807) is 13.8 Å². The fourth-order valence-electron chi connectivity index (χ4n) is 3.86. The predicted octanol–water partition coefficient (Wildman–Crippen LogP) is 7.44. The lowest BCUT2D eigenvalue weighted by atomic mass is 10.0. The van der Waals surface area contributed by atoms with E-state index >= 15 is 0 Å². The summed E-state index contributed by atoms with van der Waals surface area (Å²) in [6, 6.07) is 0. The normalized spacial score (nSPS) is 10.8. The van der Waals surface area contributed by atoms with E-state index in [0.29, 0.717) is 25.7 Å². The number of carbonyl (C=O) groups excluding carboxylic acids is 4. The topological polar surface area (TPSA) is 86.7 Å². The second kappa shape index (κ2) is 25.4. The molecule has 0 radical (unpaired) electrons. The van der Waals surface area contributed by atoms with Gasteiger partial charge in [0.15, 0.2) is 11.6 Å². The van der Waals surface area contributed by atoms with Crippen LogP contribution in [0, 0.1) is 0 Å². The van der Waals surface area contributed by atoms with Crippen molar-refractivity contribution in [1.82, 2.24) is 0 Å². The summed E-state index contributed by atoms with van der Waals surface area (Å²) in [6.07, 6.45) is 22.2. The van der Waals surface area contributed by atoms with Crippen LogP contribution in [-0.4, -0.2) is 36.7 Å². The highest BCUT2D eigenvalue weighted by atomic mass is 16.5. The van der Waals surface area contributed by atoms with Crippen molar-refractivity contribution in [2.75, 3.05) is 13.2 Å². The Bertz CT molecular complexity index is 509. The molecule has 0 aliphatic rings. The van der Waals surface area contributed by atoms with Gasteiger partial charge in [0.25, 0.3) is 0 Å². The van der Waals surface area contributed by atoms with E-state index in [0.717, 1.165) is 25.7 Å². The van der Waals surface area contributed by atoms with Gasteiger partial charge in [0, 0.05) is 25.7 Å². The third kappa shape index (κ3) is 25.2. The molecule has 6 nitrogen and oxygen atoms in total. The first-order chi connectivity index (χ1) is 17.0. The number of hydrogen-bond donors (Lipinski definition) is 0. The summed E-state index contributed by atoms with van der Waals surface area (Å²) in [5, 5.41) is 0. The molecule has 35 heavy (non-hydrogen) atoms. The van der Waals surface area contributed by atoms with Gasteiger partial charge in [0.2, 0.25) is 0 Å². The van der Waals surface area contributed by atoms with E-state index in [2.05, 4.69) is 0 Å². The molecule has 0 unspecified atom stereocenters. The minimum atomic E-state index is -0.246. The zero-order valence-corrected chi connectivity index (χ0v) is 22.7. The Morgan fingerprint density at radius 1 is 0.400 bits per heavy atom. The second-order valence-corrected chi connectivity index (χ2v) is 9.62. The largest absolute Gasteiger partial charge is 0.458 e. The Hall–Kier alpha value is -1.72. The molecule has 0 saturated carbocycles. The van der Waals surface area contributed by atoms with Gasteiger partial charge >= 0.3 is 11.9 Å². The van der Waals surface area contributed by atoms with Crippen LogP contribution >= 0.6 is 0 Å². The summed E-state index contributed by atoms with van der Waals surface area (Å²) in [5.41, 5.74) is 0. The molecule has 0 spiro atoms. The number of Topliss-reactive ketones (excluding diaryl/α,β-unsaturated/α-hetero) is 2. The molecule has 0 rings (SSSR count). The molecule has 0 aliphatic carbocycles. The maximum Gasteiger partial charge on any atom is 0.306 e. The molecule has 0 N–H and O–H groups in total. The molecule has 0 amide bonds. The van der Waals surface area contributed by atoms with Crippen LogP contribution in [0.15, 0.2) is 0 Å². The molecule has 6 heteroatoms. The molecule has 0 heterocycles. The van der Waals surface area contributed by atoms with Crippen LogP contribution in [0.25, 0.3) is 0 Å². The summed E-state index contributed by atoms with van der Waals surface area (Å²) in [4.78, 5) is 45.2. The van der Waals surface area contributed by atoms with Gasteiger partial charge in [0.1, 0.15) is 13.2 Å². The van der Waals surface area contributed by atoms with Crippen molar-refractivity contribution in [3.8, 4) is 0 Å². The summed E-state index contributed by atoms with van der Waals surface area (Å²) >= 11 is 0. The van der Waals surface area contributed by atoms with Crippen molar-refractivity contribution in [3.63, 3.8) is 0 Å². The number of unbranched alkanes of at least 4 members (excludes halogenated alkanes) is 16. The van der Waals surface area contributed by atoms with E-state index < -0.39 is 0 Å². The van der Waals surface area contributed by atoms with Crippen LogP contribution in [0.2, 0.25) is 0 Å². The Balaban J connectivity index is 3.21. The van der Waals surface area contributed by atoms with Crippen LogP contribution in [0.3, 0.4) is 0 Å². The van der Waals surface area contributed by atoms with Gasteiger partial charge < -0.3 is 9.47 Å². The Kier molecular flexibility index (Phi) is 24.1. The lowest BCUT2D eigenvalue weighted by molar-refractivity contribution is -0.148. The molecule has 0 aromatic heterocycles. The van der Waals surface area contributed by atoms with Crippen LogP contribution in [0.5, 0.6) is 0 Å². The number of ether oxygens (including phenoxy) is 2. The molecule has 204 valence electrons. The fourth-order valence-corrected chi connectivity index (χ4v) is 3.86. The summed E-state index contributed by atoms with van der Waals surface area (Å²) < 4.78 is 9.88. The molecular weight excluding hydrogens is 444 g/mol. The molecule has 0 saturated heterocycles. The number of esters is 2. The molecule has 0 aliphatic heterocycles. The third-order valence-corrected chi connectivity index (χ3v) is 6.34. The molecule has 0 bridgehead atoms.